The van der Waals surface area contributed by atoms with Gasteiger partial charge in [0, 0.05) is 18.2 Å². The molecule has 96 valence electrons. The van der Waals surface area contributed by atoms with Crippen molar-refractivity contribution in [3.63, 3.8) is 0 Å². The standard InChI is InChI=1S/C11H12N2O4S/c14-11(12-7-2-4-18(15,16)6-7)9-5-10-8(13-9)1-3-17-10/h1,3,5,7,13H,2,4,6H2,(H,12,14). The molecule has 1 amide bonds. The first-order valence-corrected chi connectivity index (χ1v) is 7.43. The molecular formula is C11H12N2O4S. The Kier molecular flexibility index (Phi) is 2.44. The molecule has 3 rings (SSSR count). The van der Waals surface area contributed by atoms with E-state index in [0.29, 0.717) is 17.7 Å². The number of aromatic nitrogens is 1. The van der Waals surface area contributed by atoms with Gasteiger partial charge in [0.05, 0.1) is 23.3 Å². The topological polar surface area (TPSA) is 92.2 Å². The largest absolute Gasteiger partial charge is 0.463 e. The number of hydrogen-bond acceptors (Lipinski definition) is 4. The Morgan fingerprint density at radius 3 is 3.00 bits per heavy atom. The second-order valence-electron chi connectivity index (χ2n) is 4.45. The third-order valence-corrected chi connectivity index (χ3v) is 4.82. The van der Waals surface area contributed by atoms with E-state index in [4.69, 9.17) is 4.42 Å². The molecule has 0 radical (unpaired) electrons. The van der Waals surface area contributed by atoms with E-state index in [-0.39, 0.29) is 23.5 Å². The van der Waals surface area contributed by atoms with Crippen LogP contribution >= 0.6 is 0 Å². The van der Waals surface area contributed by atoms with Crippen LogP contribution in [0.2, 0.25) is 0 Å². The van der Waals surface area contributed by atoms with Gasteiger partial charge in [0.25, 0.3) is 5.91 Å². The molecule has 0 aromatic carbocycles. The maximum Gasteiger partial charge on any atom is 0.268 e. The molecule has 0 bridgehead atoms. The molecule has 1 saturated heterocycles. The van der Waals surface area contributed by atoms with Crippen LogP contribution in [0.5, 0.6) is 0 Å². The lowest BCUT2D eigenvalue weighted by molar-refractivity contribution is 0.0937. The fraction of sp³-hybridized carbons (Fsp3) is 0.364. The lowest BCUT2D eigenvalue weighted by Crippen LogP contribution is -2.35. The second kappa shape index (κ2) is 3.88. The maximum absolute atomic E-state index is 11.9. The maximum atomic E-state index is 11.9. The molecule has 1 atom stereocenters. The summed E-state index contributed by atoms with van der Waals surface area (Å²) in [7, 11) is -2.98. The summed E-state index contributed by atoms with van der Waals surface area (Å²) in [6.45, 7) is 0. The SMILES string of the molecule is O=C(NC1CCS(=O)(=O)C1)c1cc2occc2[nH]1. The zero-order valence-corrected chi connectivity index (χ0v) is 10.3. The van der Waals surface area contributed by atoms with Gasteiger partial charge in [-0.05, 0) is 6.42 Å². The van der Waals surface area contributed by atoms with E-state index < -0.39 is 9.84 Å². The van der Waals surface area contributed by atoms with E-state index in [2.05, 4.69) is 10.3 Å². The zero-order chi connectivity index (χ0) is 12.8. The van der Waals surface area contributed by atoms with Crippen molar-refractivity contribution in [2.45, 2.75) is 12.5 Å². The molecule has 1 aliphatic heterocycles. The van der Waals surface area contributed by atoms with Crippen molar-refractivity contribution in [1.82, 2.24) is 10.3 Å². The number of carbonyl (C=O) groups excluding carboxylic acids is 1. The number of aromatic amines is 1. The van der Waals surface area contributed by atoms with Crippen LogP contribution in [-0.4, -0.2) is 36.9 Å². The monoisotopic (exact) mass is 268 g/mol. The van der Waals surface area contributed by atoms with Crippen LogP contribution in [0.25, 0.3) is 11.1 Å². The van der Waals surface area contributed by atoms with Crippen molar-refractivity contribution in [3.05, 3.63) is 24.1 Å². The molecule has 1 aliphatic rings. The molecule has 2 aromatic heterocycles. The van der Waals surface area contributed by atoms with Crippen LogP contribution in [0, 0.1) is 0 Å². The number of rotatable bonds is 2. The highest BCUT2D eigenvalue weighted by atomic mass is 32.2. The van der Waals surface area contributed by atoms with Crippen molar-refractivity contribution >= 4 is 26.8 Å². The minimum absolute atomic E-state index is 0.0234. The normalized spacial score (nSPS) is 22.3. The van der Waals surface area contributed by atoms with Gasteiger partial charge in [0.1, 0.15) is 5.69 Å². The van der Waals surface area contributed by atoms with Crippen LogP contribution < -0.4 is 5.32 Å². The van der Waals surface area contributed by atoms with Crippen molar-refractivity contribution in [1.29, 1.82) is 0 Å². The Labute approximate surface area is 103 Å². The van der Waals surface area contributed by atoms with Crippen LogP contribution in [-0.2, 0) is 9.84 Å². The molecule has 3 heterocycles. The van der Waals surface area contributed by atoms with Crippen molar-refractivity contribution in [3.8, 4) is 0 Å². The molecule has 18 heavy (non-hydrogen) atoms. The minimum Gasteiger partial charge on any atom is -0.463 e. The predicted molar refractivity (Wildman–Crippen MR) is 65.1 cm³/mol. The third-order valence-electron chi connectivity index (χ3n) is 3.05. The van der Waals surface area contributed by atoms with E-state index in [9.17, 15) is 13.2 Å². The van der Waals surface area contributed by atoms with Gasteiger partial charge in [-0.1, -0.05) is 0 Å². The van der Waals surface area contributed by atoms with Crippen molar-refractivity contribution in [2.24, 2.45) is 0 Å². The Morgan fingerprint density at radius 2 is 2.33 bits per heavy atom. The molecule has 1 fully saturated rings. The molecule has 2 aromatic rings. The van der Waals surface area contributed by atoms with E-state index in [1.54, 1.807) is 12.1 Å². The molecule has 0 spiro atoms. The van der Waals surface area contributed by atoms with Crippen LogP contribution in [0.3, 0.4) is 0 Å². The number of amides is 1. The van der Waals surface area contributed by atoms with Gasteiger partial charge >= 0.3 is 0 Å². The summed E-state index contributed by atoms with van der Waals surface area (Å²) in [6, 6.07) is 3.04. The Hall–Kier alpha value is -1.76. The number of nitrogens with one attached hydrogen (secondary N) is 2. The number of hydrogen-bond donors (Lipinski definition) is 2. The molecule has 7 heteroatoms. The fourth-order valence-electron chi connectivity index (χ4n) is 2.14. The number of sulfone groups is 1. The molecule has 6 nitrogen and oxygen atoms in total. The molecule has 2 N–H and O–H groups in total. The molecule has 0 aliphatic carbocycles. The number of furan rings is 1. The van der Waals surface area contributed by atoms with E-state index >= 15 is 0 Å². The van der Waals surface area contributed by atoms with Gasteiger partial charge in [-0.15, -0.1) is 0 Å². The Morgan fingerprint density at radius 1 is 1.50 bits per heavy atom. The second-order valence-corrected chi connectivity index (χ2v) is 6.68. The van der Waals surface area contributed by atoms with Gasteiger partial charge in [-0.3, -0.25) is 4.79 Å². The highest BCUT2D eigenvalue weighted by Gasteiger charge is 2.29. The lowest BCUT2D eigenvalue weighted by Gasteiger charge is -2.09. The van der Waals surface area contributed by atoms with Crippen LogP contribution in [0.15, 0.2) is 22.8 Å². The quantitative estimate of drug-likeness (QED) is 0.837. The lowest BCUT2D eigenvalue weighted by atomic mass is 10.2. The molecule has 1 unspecified atom stereocenters. The van der Waals surface area contributed by atoms with E-state index in [0.717, 1.165) is 5.52 Å². The summed E-state index contributed by atoms with van der Waals surface area (Å²) in [6.07, 6.45) is 2.01. The summed E-state index contributed by atoms with van der Waals surface area (Å²) in [5, 5.41) is 2.71. The summed E-state index contributed by atoms with van der Waals surface area (Å²) < 4.78 is 27.7. The summed E-state index contributed by atoms with van der Waals surface area (Å²) in [4.78, 5) is 14.8. The van der Waals surface area contributed by atoms with Crippen LogP contribution in [0.1, 0.15) is 16.9 Å². The number of H-pyrrole nitrogens is 1. The Balaban J connectivity index is 1.74. The number of carbonyl (C=O) groups is 1. The van der Waals surface area contributed by atoms with Crippen LogP contribution in [0.4, 0.5) is 0 Å². The molecular weight excluding hydrogens is 256 g/mol. The zero-order valence-electron chi connectivity index (χ0n) is 9.47. The van der Waals surface area contributed by atoms with Gasteiger partial charge in [0.2, 0.25) is 0 Å². The fourth-order valence-corrected chi connectivity index (χ4v) is 3.82. The average Bonchev–Trinajstić information content (AvgIpc) is 2.91. The third kappa shape index (κ3) is 2.01. The summed E-state index contributed by atoms with van der Waals surface area (Å²) in [5.74, 6) is -0.135. The first kappa shape index (κ1) is 11.3. The minimum atomic E-state index is -2.98. The van der Waals surface area contributed by atoms with E-state index in [1.165, 1.54) is 6.26 Å². The summed E-state index contributed by atoms with van der Waals surface area (Å²) >= 11 is 0. The smallest absolute Gasteiger partial charge is 0.268 e. The summed E-state index contributed by atoms with van der Waals surface area (Å²) in [5.41, 5.74) is 1.74. The highest BCUT2D eigenvalue weighted by Crippen LogP contribution is 2.17. The van der Waals surface area contributed by atoms with Crippen molar-refractivity contribution in [2.75, 3.05) is 11.5 Å². The first-order valence-electron chi connectivity index (χ1n) is 5.61. The van der Waals surface area contributed by atoms with E-state index in [1.807, 2.05) is 0 Å². The predicted octanol–water partition coefficient (Wildman–Crippen LogP) is 0.678. The Bertz CT molecular complexity index is 669. The van der Waals surface area contributed by atoms with Gasteiger partial charge in [0.15, 0.2) is 15.4 Å². The van der Waals surface area contributed by atoms with Gasteiger partial charge < -0.3 is 14.7 Å². The van der Waals surface area contributed by atoms with Gasteiger partial charge in [-0.2, -0.15) is 0 Å². The van der Waals surface area contributed by atoms with Gasteiger partial charge in [-0.25, -0.2) is 8.42 Å². The first-order chi connectivity index (χ1) is 8.53. The highest BCUT2D eigenvalue weighted by molar-refractivity contribution is 7.91. The van der Waals surface area contributed by atoms with Crippen molar-refractivity contribution < 1.29 is 17.6 Å². The number of fused-ring (bicyclic) bond motifs is 1. The molecule has 0 saturated carbocycles. The average molecular weight is 268 g/mol.